The van der Waals surface area contributed by atoms with Gasteiger partial charge in [0.1, 0.15) is 12.4 Å². The molecule has 2 amide bonds. The van der Waals surface area contributed by atoms with Crippen LogP contribution in [-0.4, -0.2) is 100 Å². The summed E-state index contributed by atoms with van der Waals surface area (Å²) in [6.07, 6.45) is 7.66. The van der Waals surface area contributed by atoms with E-state index in [0.717, 1.165) is 63.3 Å². The molecule has 11 heteroatoms. The van der Waals surface area contributed by atoms with Gasteiger partial charge in [-0.25, -0.2) is 0 Å². The number of benzene rings is 1. The van der Waals surface area contributed by atoms with Crippen LogP contribution in [-0.2, 0) is 20.9 Å². The molecule has 4 heterocycles. The van der Waals surface area contributed by atoms with E-state index in [1.807, 2.05) is 9.80 Å². The van der Waals surface area contributed by atoms with Gasteiger partial charge in [-0.3, -0.25) is 9.59 Å². The van der Waals surface area contributed by atoms with Gasteiger partial charge >= 0.3 is 0 Å². The Hall–Kier alpha value is -2.04. The molecule has 2 bridgehead atoms. The molecule has 40 heavy (non-hydrogen) atoms. The Morgan fingerprint density at radius 1 is 1.05 bits per heavy atom. The summed E-state index contributed by atoms with van der Waals surface area (Å²) in [7, 11) is 1.70. The largest absolute Gasteiger partial charge is 0.489 e. The van der Waals surface area contributed by atoms with Crippen LogP contribution in [0.2, 0.25) is 0 Å². The first kappa shape index (κ1) is 32.5. The van der Waals surface area contributed by atoms with E-state index >= 15 is 0 Å². The van der Waals surface area contributed by atoms with Crippen molar-refractivity contribution in [1.29, 1.82) is 0 Å². The smallest absolute Gasteiger partial charge is 0.236 e. The standard InChI is InChI=1S/C29H43N5O4.2ClH/c1-37-21-26-5-2-11-34(26)28(35)17-22-8-12-33-20-23(22)4-3-15-38-27-7-6-25(32-13-9-30-10-14-32)16-24(27)18-31-19-29(33)36;;/h3-4,6-7,16,22-23,26,30-31H,2,5,8-15,17-21H2,1H3;2*1H/b4-3+;;/t22-,23-,26+;;/m0../s1. The van der Waals surface area contributed by atoms with Crippen molar-refractivity contribution >= 4 is 42.3 Å². The number of piperidine rings is 1. The molecule has 0 spiro atoms. The van der Waals surface area contributed by atoms with E-state index < -0.39 is 0 Å². The normalized spacial score (nSPS) is 26.2. The second-order valence-corrected chi connectivity index (χ2v) is 11.0. The van der Waals surface area contributed by atoms with Crippen LogP contribution in [0.15, 0.2) is 30.4 Å². The van der Waals surface area contributed by atoms with E-state index in [0.29, 0.717) is 45.8 Å². The molecule has 5 rings (SSSR count). The number of methoxy groups -OCH3 is 1. The summed E-state index contributed by atoms with van der Waals surface area (Å²) in [6, 6.07) is 6.57. The Morgan fingerprint density at radius 3 is 2.67 bits per heavy atom. The number of nitrogens with zero attached hydrogens (tertiary/aromatic N) is 3. The number of piperazine rings is 1. The Kier molecular flexibility index (Phi) is 12.8. The number of carbonyl (C=O) groups is 2. The highest BCUT2D eigenvalue weighted by Crippen LogP contribution is 2.31. The molecule has 0 unspecified atom stereocenters. The topological polar surface area (TPSA) is 86.4 Å². The number of nitrogens with one attached hydrogen (secondary N) is 2. The van der Waals surface area contributed by atoms with Crippen LogP contribution in [0.1, 0.15) is 31.2 Å². The Balaban J connectivity index is 0.00000220. The molecule has 3 saturated heterocycles. The quantitative estimate of drug-likeness (QED) is 0.504. The molecule has 0 saturated carbocycles. The highest BCUT2D eigenvalue weighted by atomic mass is 35.5. The fraction of sp³-hybridized carbons (Fsp3) is 0.655. The monoisotopic (exact) mass is 597 g/mol. The third-order valence-corrected chi connectivity index (χ3v) is 8.49. The molecule has 1 aromatic rings. The predicted molar refractivity (Wildman–Crippen MR) is 162 cm³/mol. The van der Waals surface area contributed by atoms with Crippen molar-refractivity contribution in [2.75, 3.05) is 77.6 Å². The third-order valence-electron chi connectivity index (χ3n) is 8.49. The number of anilines is 1. The summed E-state index contributed by atoms with van der Waals surface area (Å²) in [5.41, 5.74) is 2.26. The molecule has 9 nitrogen and oxygen atoms in total. The van der Waals surface area contributed by atoms with Crippen LogP contribution in [0.4, 0.5) is 5.69 Å². The first-order valence-electron chi connectivity index (χ1n) is 14.3. The summed E-state index contributed by atoms with van der Waals surface area (Å²) in [5, 5.41) is 6.77. The summed E-state index contributed by atoms with van der Waals surface area (Å²) in [5.74, 6) is 1.55. The Morgan fingerprint density at radius 2 is 1.88 bits per heavy atom. The average Bonchev–Trinajstić information content (AvgIpc) is 3.41. The molecule has 0 aliphatic carbocycles. The second kappa shape index (κ2) is 15.8. The minimum absolute atomic E-state index is 0. The maximum absolute atomic E-state index is 13.3. The first-order valence-corrected chi connectivity index (χ1v) is 14.3. The van der Waals surface area contributed by atoms with Gasteiger partial charge in [-0.05, 0) is 49.3 Å². The molecule has 4 aliphatic rings. The van der Waals surface area contributed by atoms with Crippen LogP contribution >= 0.6 is 24.8 Å². The van der Waals surface area contributed by atoms with Gasteiger partial charge in [0.25, 0.3) is 0 Å². The van der Waals surface area contributed by atoms with Gasteiger partial charge in [-0.2, -0.15) is 0 Å². The fourth-order valence-electron chi connectivity index (χ4n) is 6.35. The van der Waals surface area contributed by atoms with Gasteiger partial charge in [0.05, 0.1) is 19.2 Å². The van der Waals surface area contributed by atoms with Crippen LogP contribution in [0.3, 0.4) is 0 Å². The van der Waals surface area contributed by atoms with E-state index in [1.165, 1.54) is 5.69 Å². The summed E-state index contributed by atoms with van der Waals surface area (Å²) in [6.45, 7) is 8.05. The van der Waals surface area contributed by atoms with E-state index in [-0.39, 0.29) is 54.5 Å². The van der Waals surface area contributed by atoms with Crippen molar-refractivity contribution in [1.82, 2.24) is 20.4 Å². The van der Waals surface area contributed by atoms with Gasteiger partial charge in [0.15, 0.2) is 0 Å². The number of rotatable bonds is 5. The van der Waals surface area contributed by atoms with Crippen LogP contribution in [0, 0.1) is 11.8 Å². The van der Waals surface area contributed by atoms with Crippen LogP contribution < -0.4 is 20.3 Å². The maximum Gasteiger partial charge on any atom is 0.236 e. The lowest BCUT2D eigenvalue weighted by atomic mass is 9.82. The zero-order valence-corrected chi connectivity index (χ0v) is 25.1. The van der Waals surface area contributed by atoms with Crippen molar-refractivity contribution < 1.29 is 19.1 Å². The number of fused-ring (bicyclic) bond motifs is 3. The number of amides is 2. The number of ether oxygens (including phenoxy) is 2. The highest BCUT2D eigenvalue weighted by Gasteiger charge is 2.35. The van der Waals surface area contributed by atoms with Crippen molar-refractivity contribution in [2.24, 2.45) is 11.8 Å². The highest BCUT2D eigenvalue weighted by molar-refractivity contribution is 5.85. The minimum Gasteiger partial charge on any atom is -0.489 e. The molecule has 224 valence electrons. The van der Waals surface area contributed by atoms with Crippen LogP contribution in [0.5, 0.6) is 5.75 Å². The van der Waals surface area contributed by atoms with E-state index in [9.17, 15) is 9.59 Å². The van der Waals surface area contributed by atoms with Gasteiger partial charge < -0.3 is 34.8 Å². The molecule has 0 radical (unpaired) electrons. The molecular weight excluding hydrogens is 553 g/mol. The second-order valence-electron chi connectivity index (χ2n) is 11.0. The molecule has 3 atom stereocenters. The average molecular weight is 599 g/mol. The van der Waals surface area contributed by atoms with Crippen molar-refractivity contribution in [3.05, 3.63) is 35.9 Å². The number of hydrogen-bond acceptors (Lipinski definition) is 7. The van der Waals surface area contributed by atoms with Gasteiger partial charge in [-0.1, -0.05) is 12.2 Å². The summed E-state index contributed by atoms with van der Waals surface area (Å²) in [4.78, 5) is 32.7. The lowest BCUT2D eigenvalue weighted by Gasteiger charge is -2.38. The molecule has 1 aromatic carbocycles. The number of likely N-dealkylation sites (tertiary alicyclic amines) is 1. The Bertz CT molecular complexity index is 1010. The fourth-order valence-corrected chi connectivity index (χ4v) is 6.35. The number of hydrogen-bond donors (Lipinski definition) is 2. The lowest BCUT2D eigenvalue weighted by Crippen LogP contribution is -2.47. The third kappa shape index (κ3) is 8.03. The van der Waals surface area contributed by atoms with E-state index in [4.69, 9.17) is 9.47 Å². The lowest BCUT2D eigenvalue weighted by molar-refractivity contribution is -0.135. The van der Waals surface area contributed by atoms with Gasteiger partial charge in [0.2, 0.25) is 11.8 Å². The van der Waals surface area contributed by atoms with E-state index in [2.05, 4.69) is 45.9 Å². The molecule has 4 aliphatic heterocycles. The minimum atomic E-state index is 0. The van der Waals surface area contributed by atoms with Crippen molar-refractivity contribution in [2.45, 2.75) is 38.3 Å². The van der Waals surface area contributed by atoms with Gasteiger partial charge in [-0.15, -0.1) is 24.8 Å². The zero-order valence-electron chi connectivity index (χ0n) is 23.5. The van der Waals surface area contributed by atoms with Crippen molar-refractivity contribution in [3.63, 3.8) is 0 Å². The first-order chi connectivity index (χ1) is 18.6. The molecule has 3 fully saturated rings. The summed E-state index contributed by atoms with van der Waals surface area (Å²) < 4.78 is 11.6. The zero-order chi connectivity index (χ0) is 26.3. The van der Waals surface area contributed by atoms with E-state index in [1.54, 1.807) is 7.11 Å². The summed E-state index contributed by atoms with van der Waals surface area (Å²) >= 11 is 0. The number of carbonyl (C=O) groups excluding carboxylic acids is 2. The SMILES string of the molecule is COC[C@H]1CCCN1C(=O)C[C@@H]1CCN2C[C@@H]1/C=C/COc1ccc(N3CCNCC3)cc1CNCC2=O.Cl.Cl. The number of halogens is 2. The van der Waals surface area contributed by atoms with Gasteiger partial charge in [0, 0.05) is 77.1 Å². The predicted octanol–water partition coefficient (Wildman–Crippen LogP) is 2.47. The maximum atomic E-state index is 13.3. The Labute approximate surface area is 250 Å². The van der Waals surface area contributed by atoms with Crippen LogP contribution in [0.25, 0.3) is 0 Å². The molecule has 2 N–H and O–H groups in total. The van der Waals surface area contributed by atoms with Crippen molar-refractivity contribution in [3.8, 4) is 5.75 Å². The molecule has 0 aromatic heterocycles. The molecular formula is C29H45Cl2N5O4.